The molecule has 0 spiro atoms. The summed E-state index contributed by atoms with van der Waals surface area (Å²) in [7, 11) is 0. The number of likely N-dealkylation sites (tertiary alicyclic amines) is 1. The smallest absolute Gasteiger partial charge is 0.258 e. The summed E-state index contributed by atoms with van der Waals surface area (Å²) in [5, 5.41) is 4.06. The second kappa shape index (κ2) is 8.88. The van der Waals surface area contributed by atoms with Gasteiger partial charge in [0.1, 0.15) is 11.9 Å². The molecule has 1 saturated carbocycles. The Balaban J connectivity index is 1.11. The third-order valence-electron chi connectivity index (χ3n) is 6.21. The molecule has 1 aromatic carbocycles. The summed E-state index contributed by atoms with van der Waals surface area (Å²) < 4.78 is 11.4. The van der Waals surface area contributed by atoms with Crippen LogP contribution in [0.15, 0.2) is 53.3 Å². The Bertz CT molecular complexity index is 1010. The number of aromatic nitrogens is 3. The van der Waals surface area contributed by atoms with Gasteiger partial charge in [-0.25, -0.2) is 0 Å². The summed E-state index contributed by atoms with van der Waals surface area (Å²) in [6.45, 7) is 1.34. The quantitative estimate of drug-likeness (QED) is 0.567. The number of hydrogen-bond donors (Lipinski definition) is 0. The first-order chi connectivity index (χ1) is 15.2. The molecular weight excluding hydrogens is 392 g/mol. The maximum atomic E-state index is 12.3. The molecule has 2 aromatic heterocycles. The van der Waals surface area contributed by atoms with Crippen molar-refractivity contribution in [3.05, 3.63) is 48.8 Å². The van der Waals surface area contributed by atoms with Crippen molar-refractivity contribution in [2.24, 2.45) is 5.92 Å². The number of hydrogen-bond acceptors (Lipinski definition) is 6. The minimum Gasteiger partial charge on any atom is -0.487 e. The summed E-state index contributed by atoms with van der Waals surface area (Å²) in [5.74, 6) is 2.80. The lowest BCUT2D eigenvalue weighted by atomic mass is 10.0. The Kier molecular flexibility index (Phi) is 5.65. The first-order valence-electron chi connectivity index (χ1n) is 11.0. The fourth-order valence-corrected chi connectivity index (χ4v) is 4.33. The van der Waals surface area contributed by atoms with Gasteiger partial charge in [-0.05, 0) is 48.7 Å². The van der Waals surface area contributed by atoms with Gasteiger partial charge in [0.2, 0.25) is 11.7 Å². The molecule has 1 aliphatic heterocycles. The lowest BCUT2D eigenvalue weighted by molar-refractivity contribution is -0.140. The standard InChI is InChI=1S/C24H26N4O3/c29-22(10-5-17-3-1-2-4-17)28-15-21(16-28)30-20-8-6-18(7-9-20)23-26-24(31-27-23)19-11-13-25-14-12-19/h6-9,11-14,17,21H,1-5,10,15-16H2. The monoisotopic (exact) mass is 418 g/mol. The number of carbonyl (C=O) groups excluding carboxylic acids is 1. The van der Waals surface area contributed by atoms with E-state index in [2.05, 4.69) is 15.1 Å². The van der Waals surface area contributed by atoms with Crippen molar-refractivity contribution in [3.8, 4) is 28.6 Å². The molecule has 31 heavy (non-hydrogen) atoms. The molecule has 0 radical (unpaired) electrons. The van der Waals surface area contributed by atoms with Gasteiger partial charge in [0.15, 0.2) is 0 Å². The van der Waals surface area contributed by atoms with Crippen LogP contribution in [0.25, 0.3) is 22.8 Å². The van der Waals surface area contributed by atoms with Crippen molar-refractivity contribution >= 4 is 5.91 Å². The molecule has 0 N–H and O–H groups in total. The minimum absolute atomic E-state index is 0.0600. The van der Waals surface area contributed by atoms with E-state index in [1.165, 1.54) is 25.7 Å². The lowest BCUT2D eigenvalue weighted by Gasteiger charge is -2.39. The Hall–Kier alpha value is -3.22. The fourth-order valence-electron chi connectivity index (χ4n) is 4.33. The molecule has 2 aliphatic rings. The summed E-state index contributed by atoms with van der Waals surface area (Å²) in [5.41, 5.74) is 1.69. The van der Waals surface area contributed by atoms with Crippen LogP contribution in [0.4, 0.5) is 0 Å². The van der Waals surface area contributed by atoms with Crippen LogP contribution in [0, 0.1) is 5.92 Å². The zero-order valence-electron chi connectivity index (χ0n) is 17.4. The van der Waals surface area contributed by atoms with Crippen LogP contribution in [0.1, 0.15) is 38.5 Å². The molecule has 0 atom stereocenters. The molecule has 3 heterocycles. The van der Waals surface area contributed by atoms with Crippen molar-refractivity contribution in [3.63, 3.8) is 0 Å². The summed E-state index contributed by atoms with van der Waals surface area (Å²) >= 11 is 0. The van der Waals surface area contributed by atoms with Crippen LogP contribution in [0.3, 0.4) is 0 Å². The van der Waals surface area contributed by atoms with Gasteiger partial charge in [-0.1, -0.05) is 30.8 Å². The molecule has 1 amide bonds. The normalized spacial score (nSPS) is 17.0. The van der Waals surface area contributed by atoms with E-state index in [4.69, 9.17) is 9.26 Å². The van der Waals surface area contributed by atoms with Crippen molar-refractivity contribution in [1.82, 2.24) is 20.0 Å². The molecule has 3 aromatic rings. The second-order valence-corrected chi connectivity index (χ2v) is 8.41. The number of nitrogens with zero attached hydrogens (tertiary/aromatic N) is 4. The predicted molar refractivity (Wildman–Crippen MR) is 115 cm³/mol. The van der Waals surface area contributed by atoms with E-state index in [1.54, 1.807) is 12.4 Å². The molecule has 2 fully saturated rings. The topological polar surface area (TPSA) is 81.4 Å². The minimum atomic E-state index is 0.0600. The Morgan fingerprint density at radius 3 is 2.52 bits per heavy atom. The molecule has 0 bridgehead atoms. The van der Waals surface area contributed by atoms with Gasteiger partial charge in [-0.3, -0.25) is 9.78 Å². The first kappa shape index (κ1) is 19.7. The predicted octanol–water partition coefficient (Wildman–Crippen LogP) is 4.36. The second-order valence-electron chi connectivity index (χ2n) is 8.41. The molecule has 7 heteroatoms. The Morgan fingerprint density at radius 1 is 1.03 bits per heavy atom. The average Bonchev–Trinajstić information content (AvgIpc) is 3.48. The molecule has 160 valence electrons. The molecule has 7 nitrogen and oxygen atoms in total. The zero-order chi connectivity index (χ0) is 21.0. The molecule has 0 unspecified atom stereocenters. The van der Waals surface area contributed by atoms with E-state index < -0.39 is 0 Å². The zero-order valence-corrected chi connectivity index (χ0v) is 17.4. The fraction of sp³-hybridized carbons (Fsp3) is 0.417. The van der Waals surface area contributed by atoms with Crippen LogP contribution < -0.4 is 4.74 Å². The maximum absolute atomic E-state index is 12.3. The van der Waals surface area contributed by atoms with Gasteiger partial charge in [0.25, 0.3) is 5.89 Å². The van der Waals surface area contributed by atoms with Crippen LogP contribution in [-0.4, -0.2) is 45.1 Å². The van der Waals surface area contributed by atoms with Gasteiger partial charge >= 0.3 is 0 Å². The number of benzene rings is 1. The number of carbonyl (C=O) groups is 1. The summed E-state index contributed by atoms with van der Waals surface area (Å²) in [6.07, 6.45) is 10.4. The Morgan fingerprint density at radius 2 is 1.77 bits per heavy atom. The molecule has 5 rings (SSSR count). The summed E-state index contributed by atoms with van der Waals surface area (Å²) in [4.78, 5) is 22.7. The Labute approximate surface area is 181 Å². The van der Waals surface area contributed by atoms with Crippen molar-refractivity contribution < 1.29 is 14.1 Å². The van der Waals surface area contributed by atoms with E-state index in [9.17, 15) is 4.79 Å². The summed E-state index contributed by atoms with van der Waals surface area (Å²) in [6, 6.07) is 11.3. The molecular formula is C24H26N4O3. The van der Waals surface area contributed by atoms with Crippen molar-refractivity contribution in [2.45, 2.75) is 44.6 Å². The van der Waals surface area contributed by atoms with Crippen LogP contribution in [0.2, 0.25) is 0 Å². The number of ether oxygens (including phenoxy) is 1. The number of rotatable bonds is 7. The third-order valence-corrected chi connectivity index (χ3v) is 6.21. The number of pyridine rings is 1. The highest BCUT2D eigenvalue weighted by atomic mass is 16.5. The van der Waals surface area contributed by atoms with E-state index >= 15 is 0 Å². The lowest BCUT2D eigenvalue weighted by Crippen LogP contribution is -2.56. The van der Waals surface area contributed by atoms with Gasteiger partial charge < -0.3 is 14.2 Å². The van der Waals surface area contributed by atoms with Crippen LogP contribution >= 0.6 is 0 Å². The highest BCUT2D eigenvalue weighted by Crippen LogP contribution is 2.29. The van der Waals surface area contributed by atoms with Crippen molar-refractivity contribution in [1.29, 1.82) is 0 Å². The van der Waals surface area contributed by atoms with E-state index in [-0.39, 0.29) is 12.0 Å². The van der Waals surface area contributed by atoms with Crippen molar-refractivity contribution in [2.75, 3.05) is 13.1 Å². The van der Waals surface area contributed by atoms with Gasteiger partial charge in [0.05, 0.1) is 13.1 Å². The highest BCUT2D eigenvalue weighted by Gasteiger charge is 2.32. The first-order valence-corrected chi connectivity index (χ1v) is 11.0. The highest BCUT2D eigenvalue weighted by molar-refractivity contribution is 5.77. The average molecular weight is 418 g/mol. The van der Waals surface area contributed by atoms with Crippen LogP contribution in [-0.2, 0) is 4.79 Å². The molecule has 1 aliphatic carbocycles. The van der Waals surface area contributed by atoms with Gasteiger partial charge in [0, 0.05) is 29.9 Å². The van der Waals surface area contributed by atoms with Crippen LogP contribution in [0.5, 0.6) is 5.75 Å². The van der Waals surface area contributed by atoms with E-state index in [1.807, 2.05) is 41.3 Å². The third kappa shape index (κ3) is 4.60. The molecule has 1 saturated heterocycles. The van der Waals surface area contributed by atoms with E-state index in [0.717, 1.165) is 29.2 Å². The van der Waals surface area contributed by atoms with E-state index in [0.29, 0.717) is 31.2 Å². The SMILES string of the molecule is O=C(CCC1CCCC1)N1CC(Oc2ccc(-c3noc(-c4ccncc4)n3)cc2)C1. The number of amides is 1. The van der Waals surface area contributed by atoms with Gasteiger partial charge in [-0.2, -0.15) is 4.98 Å². The largest absolute Gasteiger partial charge is 0.487 e. The van der Waals surface area contributed by atoms with Gasteiger partial charge in [-0.15, -0.1) is 0 Å². The maximum Gasteiger partial charge on any atom is 0.258 e.